The Morgan fingerprint density at radius 1 is 1.62 bits per heavy atom. The van der Waals surface area contributed by atoms with Crippen LogP contribution >= 0.6 is 11.6 Å². The van der Waals surface area contributed by atoms with Gasteiger partial charge in [0.1, 0.15) is 18.2 Å². The molecule has 16 heavy (non-hydrogen) atoms. The number of hydrogen-bond acceptors (Lipinski definition) is 2. The summed E-state index contributed by atoms with van der Waals surface area (Å²) in [4.78, 5) is 0. The lowest BCUT2D eigenvalue weighted by molar-refractivity contribution is 0.350. The molecule has 0 saturated heterocycles. The number of ether oxygens (including phenoxy) is 1. The highest BCUT2D eigenvalue weighted by molar-refractivity contribution is 6.25. The summed E-state index contributed by atoms with van der Waals surface area (Å²) in [6.45, 7) is 3.92. The second-order valence-corrected chi connectivity index (χ2v) is 3.93. The van der Waals surface area contributed by atoms with Crippen molar-refractivity contribution in [2.45, 2.75) is 19.9 Å². The maximum atomic E-state index is 13.5. The van der Waals surface area contributed by atoms with Crippen LogP contribution in [0.5, 0.6) is 5.75 Å². The lowest BCUT2D eigenvalue weighted by Crippen LogP contribution is -2.07. The number of nitrogens with two attached hydrogens (primary N) is 1. The molecule has 0 heterocycles. The molecule has 0 aliphatic carbocycles. The predicted octanol–water partition coefficient (Wildman–Crippen LogP) is 3.37. The van der Waals surface area contributed by atoms with Crippen LogP contribution in [0, 0.1) is 5.82 Å². The van der Waals surface area contributed by atoms with E-state index in [0.717, 1.165) is 5.57 Å². The summed E-state index contributed by atoms with van der Waals surface area (Å²) in [6.07, 6.45) is 0. The van der Waals surface area contributed by atoms with Gasteiger partial charge in [0.2, 0.25) is 0 Å². The molecule has 0 aliphatic rings. The van der Waals surface area contributed by atoms with Crippen molar-refractivity contribution in [2.75, 3.05) is 6.61 Å². The maximum Gasteiger partial charge on any atom is 0.131 e. The van der Waals surface area contributed by atoms with Crippen molar-refractivity contribution in [2.24, 2.45) is 5.73 Å². The van der Waals surface area contributed by atoms with Crippen LogP contribution in [0.2, 0.25) is 0 Å². The van der Waals surface area contributed by atoms with Crippen LogP contribution in [0.25, 0.3) is 0 Å². The van der Waals surface area contributed by atoms with Gasteiger partial charge in [0, 0.05) is 23.2 Å². The summed E-state index contributed by atoms with van der Waals surface area (Å²) in [7, 11) is 0. The van der Waals surface area contributed by atoms with E-state index in [0.29, 0.717) is 17.9 Å². The Labute approximate surface area is 99.9 Å². The normalized spacial score (nSPS) is 13.7. The molecule has 2 nitrogen and oxygen atoms in total. The number of rotatable bonds is 4. The molecule has 1 aromatic rings. The van der Waals surface area contributed by atoms with Gasteiger partial charge >= 0.3 is 0 Å². The Balaban J connectivity index is 2.74. The topological polar surface area (TPSA) is 35.2 Å². The molecule has 1 unspecified atom stereocenters. The minimum atomic E-state index is -0.347. The minimum absolute atomic E-state index is 0.321. The average Bonchev–Trinajstić information content (AvgIpc) is 2.25. The van der Waals surface area contributed by atoms with Crippen LogP contribution < -0.4 is 10.5 Å². The Morgan fingerprint density at radius 2 is 2.31 bits per heavy atom. The van der Waals surface area contributed by atoms with Crippen LogP contribution in [0.15, 0.2) is 29.3 Å². The van der Waals surface area contributed by atoms with Crippen LogP contribution in [0.1, 0.15) is 25.5 Å². The van der Waals surface area contributed by atoms with Crippen molar-refractivity contribution < 1.29 is 9.13 Å². The van der Waals surface area contributed by atoms with Crippen molar-refractivity contribution in [3.05, 3.63) is 40.7 Å². The molecule has 88 valence electrons. The Morgan fingerprint density at radius 3 is 2.81 bits per heavy atom. The molecule has 4 heteroatoms. The molecular weight excluding hydrogens is 229 g/mol. The molecule has 1 aromatic carbocycles. The zero-order chi connectivity index (χ0) is 12.1. The fraction of sp³-hybridized carbons (Fsp3) is 0.333. The molecule has 0 amide bonds. The van der Waals surface area contributed by atoms with Gasteiger partial charge in [-0.05, 0) is 25.5 Å². The van der Waals surface area contributed by atoms with Crippen LogP contribution in [0.4, 0.5) is 4.39 Å². The number of benzene rings is 1. The third kappa shape index (κ3) is 3.51. The highest BCUT2D eigenvalue weighted by atomic mass is 35.5. The zero-order valence-electron chi connectivity index (χ0n) is 9.34. The predicted molar refractivity (Wildman–Crippen MR) is 64.1 cm³/mol. The van der Waals surface area contributed by atoms with Gasteiger partial charge in [-0.15, -0.1) is 0 Å². The smallest absolute Gasteiger partial charge is 0.131 e. The van der Waals surface area contributed by atoms with E-state index < -0.39 is 0 Å². The molecule has 0 fully saturated rings. The highest BCUT2D eigenvalue weighted by Gasteiger charge is 2.07. The standard InChI is InChI=1S/C12H15ClFNO/c1-8(6-13)7-16-10-3-4-11(9(2)15)12(14)5-10/h3-6,9H,7,15H2,1-2H3/b8-6+. The van der Waals surface area contributed by atoms with Gasteiger partial charge < -0.3 is 10.5 Å². The van der Waals surface area contributed by atoms with Gasteiger partial charge in [0.15, 0.2) is 0 Å². The van der Waals surface area contributed by atoms with Crippen molar-refractivity contribution >= 4 is 11.6 Å². The van der Waals surface area contributed by atoms with E-state index >= 15 is 0 Å². The Kier molecular flexibility index (Phi) is 4.77. The molecule has 1 atom stereocenters. The van der Waals surface area contributed by atoms with Gasteiger partial charge in [-0.2, -0.15) is 0 Å². The summed E-state index contributed by atoms with van der Waals surface area (Å²) in [5.41, 5.74) is 8.39. The van der Waals surface area contributed by atoms with Crippen molar-refractivity contribution in [1.82, 2.24) is 0 Å². The van der Waals surface area contributed by atoms with Gasteiger partial charge in [-0.3, -0.25) is 0 Å². The Hall–Kier alpha value is -1.06. The number of halogens is 2. The summed E-state index contributed by atoms with van der Waals surface area (Å²) >= 11 is 5.48. The quantitative estimate of drug-likeness (QED) is 0.880. The minimum Gasteiger partial charge on any atom is -0.489 e. The SMILES string of the molecule is C/C(=C\Cl)COc1ccc(C(C)N)c(F)c1. The highest BCUT2D eigenvalue weighted by Crippen LogP contribution is 2.20. The number of hydrogen-bond donors (Lipinski definition) is 1. The molecule has 0 aromatic heterocycles. The fourth-order valence-corrected chi connectivity index (χ4v) is 1.26. The van der Waals surface area contributed by atoms with Crippen LogP contribution in [-0.4, -0.2) is 6.61 Å². The van der Waals surface area contributed by atoms with Gasteiger partial charge in [-0.25, -0.2) is 4.39 Å². The van der Waals surface area contributed by atoms with Gasteiger partial charge in [-0.1, -0.05) is 17.7 Å². The van der Waals surface area contributed by atoms with E-state index in [4.69, 9.17) is 22.1 Å². The first kappa shape index (κ1) is 13.0. The van der Waals surface area contributed by atoms with E-state index in [1.54, 1.807) is 19.1 Å². The van der Waals surface area contributed by atoms with E-state index in [1.165, 1.54) is 11.6 Å². The molecule has 0 bridgehead atoms. The van der Waals surface area contributed by atoms with Crippen molar-refractivity contribution in [3.63, 3.8) is 0 Å². The molecule has 0 saturated carbocycles. The van der Waals surface area contributed by atoms with E-state index in [9.17, 15) is 4.39 Å². The molecule has 0 radical (unpaired) electrons. The molecule has 0 aliphatic heterocycles. The second-order valence-electron chi connectivity index (χ2n) is 3.72. The van der Waals surface area contributed by atoms with Crippen molar-refractivity contribution in [1.29, 1.82) is 0 Å². The van der Waals surface area contributed by atoms with E-state index in [1.807, 2.05) is 6.92 Å². The summed E-state index contributed by atoms with van der Waals surface area (Å²) in [5.74, 6) is 0.125. The summed E-state index contributed by atoms with van der Waals surface area (Å²) in [5, 5.41) is 0. The largest absolute Gasteiger partial charge is 0.489 e. The van der Waals surface area contributed by atoms with Crippen LogP contribution in [-0.2, 0) is 0 Å². The zero-order valence-corrected chi connectivity index (χ0v) is 10.1. The molecule has 2 N–H and O–H groups in total. The third-order valence-corrected chi connectivity index (χ3v) is 2.49. The summed E-state index contributed by atoms with van der Waals surface area (Å²) in [6, 6.07) is 4.34. The second kappa shape index (κ2) is 5.87. The first-order valence-electron chi connectivity index (χ1n) is 4.98. The first-order valence-corrected chi connectivity index (χ1v) is 5.42. The van der Waals surface area contributed by atoms with E-state index in [-0.39, 0.29) is 11.9 Å². The molecule has 0 spiro atoms. The monoisotopic (exact) mass is 243 g/mol. The lowest BCUT2D eigenvalue weighted by Gasteiger charge is -2.10. The fourth-order valence-electron chi connectivity index (χ4n) is 1.20. The van der Waals surface area contributed by atoms with Crippen molar-refractivity contribution in [3.8, 4) is 5.75 Å². The first-order chi connectivity index (χ1) is 7.54. The van der Waals surface area contributed by atoms with E-state index in [2.05, 4.69) is 0 Å². The van der Waals surface area contributed by atoms with Gasteiger partial charge in [0.05, 0.1) is 0 Å². The third-order valence-electron chi connectivity index (χ3n) is 2.12. The van der Waals surface area contributed by atoms with Gasteiger partial charge in [0.25, 0.3) is 0 Å². The molecular formula is C12H15ClFNO. The maximum absolute atomic E-state index is 13.5. The summed E-state index contributed by atoms with van der Waals surface area (Å²) < 4.78 is 18.8. The van der Waals surface area contributed by atoms with Crippen LogP contribution in [0.3, 0.4) is 0 Å². The lowest BCUT2D eigenvalue weighted by atomic mass is 10.1. The Bertz CT molecular complexity index is 391. The average molecular weight is 244 g/mol. The molecule has 1 rings (SSSR count).